The largest absolute Gasteiger partial charge is 0.398 e. The molecule has 0 radical (unpaired) electrons. The normalized spacial score (nSPS) is 26.0. The Bertz CT molecular complexity index is 608. The minimum Gasteiger partial charge on any atom is -0.398 e. The van der Waals surface area contributed by atoms with Gasteiger partial charge in [0.25, 0.3) is 0 Å². The van der Waals surface area contributed by atoms with Crippen molar-refractivity contribution in [2.45, 2.75) is 39.2 Å². The molecule has 1 heterocycles. The molecule has 20 heavy (non-hydrogen) atoms. The Morgan fingerprint density at radius 1 is 1.25 bits per heavy atom. The summed E-state index contributed by atoms with van der Waals surface area (Å²) >= 11 is 0. The fourth-order valence-electron chi connectivity index (χ4n) is 3.57. The van der Waals surface area contributed by atoms with Gasteiger partial charge in [-0.2, -0.15) is 0 Å². The van der Waals surface area contributed by atoms with E-state index in [1.54, 1.807) is 0 Å². The van der Waals surface area contributed by atoms with Gasteiger partial charge in [0.2, 0.25) is 0 Å². The highest BCUT2D eigenvalue weighted by Gasteiger charge is 2.31. The van der Waals surface area contributed by atoms with Crippen LogP contribution in [0.25, 0.3) is 10.8 Å². The zero-order valence-electron chi connectivity index (χ0n) is 12.3. The Kier molecular flexibility index (Phi) is 3.51. The van der Waals surface area contributed by atoms with E-state index in [0.29, 0.717) is 6.04 Å². The van der Waals surface area contributed by atoms with E-state index in [9.17, 15) is 0 Å². The number of rotatable bonds is 3. The van der Waals surface area contributed by atoms with Crippen molar-refractivity contribution in [2.75, 3.05) is 11.1 Å². The van der Waals surface area contributed by atoms with Crippen molar-refractivity contribution in [3.05, 3.63) is 30.6 Å². The first kappa shape index (κ1) is 13.2. The maximum absolute atomic E-state index is 6.04. The molecule has 3 heteroatoms. The van der Waals surface area contributed by atoms with Crippen molar-refractivity contribution < 1.29 is 0 Å². The minimum atomic E-state index is 0.569. The standard InChI is InChI=1S/C17H23N3/c1-3-12-4-6-16(11(12)2)20-17-7-5-15(18)14-10-19-9-8-13(14)17/h5,7-12,16,20H,3-4,6,18H2,1-2H3. The Hall–Kier alpha value is -1.77. The topological polar surface area (TPSA) is 50.9 Å². The van der Waals surface area contributed by atoms with Crippen LogP contribution < -0.4 is 11.1 Å². The third kappa shape index (κ3) is 2.21. The van der Waals surface area contributed by atoms with Crippen molar-refractivity contribution >= 4 is 22.1 Å². The summed E-state index contributed by atoms with van der Waals surface area (Å²) < 4.78 is 0. The van der Waals surface area contributed by atoms with E-state index < -0.39 is 0 Å². The molecular formula is C17H23N3. The third-order valence-electron chi connectivity index (χ3n) is 4.94. The summed E-state index contributed by atoms with van der Waals surface area (Å²) in [5.74, 6) is 1.59. The first-order chi connectivity index (χ1) is 9.70. The van der Waals surface area contributed by atoms with E-state index >= 15 is 0 Å². The average Bonchev–Trinajstić information content (AvgIpc) is 2.83. The lowest BCUT2D eigenvalue weighted by Gasteiger charge is -2.23. The van der Waals surface area contributed by atoms with Crippen LogP contribution in [0.1, 0.15) is 33.1 Å². The number of fused-ring (bicyclic) bond motifs is 1. The molecule has 1 aromatic carbocycles. The number of nitrogen functional groups attached to an aromatic ring is 1. The van der Waals surface area contributed by atoms with Gasteiger partial charge in [-0.15, -0.1) is 0 Å². The monoisotopic (exact) mass is 269 g/mol. The molecule has 3 nitrogen and oxygen atoms in total. The molecular weight excluding hydrogens is 246 g/mol. The summed E-state index contributed by atoms with van der Waals surface area (Å²) in [5.41, 5.74) is 8.02. The summed E-state index contributed by atoms with van der Waals surface area (Å²) in [4.78, 5) is 4.18. The lowest BCUT2D eigenvalue weighted by atomic mass is 9.93. The maximum Gasteiger partial charge on any atom is 0.0424 e. The first-order valence-corrected chi connectivity index (χ1v) is 7.59. The number of pyridine rings is 1. The molecule has 1 aliphatic rings. The Labute approximate surface area is 120 Å². The number of aromatic nitrogens is 1. The summed E-state index contributed by atoms with van der Waals surface area (Å²) in [6.07, 6.45) is 7.56. The van der Waals surface area contributed by atoms with Gasteiger partial charge in [0.15, 0.2) is 0 Å². The lowest BCUT2D eigenvalue weighted by Crippen LogP contribution is -2.24. The molecule has 1 saturated carbocycles. The fourth-order valence-corrected chi connectivity index (χ4v) is 3.57. The number of nitrogens with zero attached hydrogens (tertiary/aromatic N) is 1. The van der Waals surface area contributed by atoms with Gasteiger partial charge in [-0.1, -0.05) is 20.3 Å². The van der Waals surface area contributed by atoms with Gasteiger partial charge in [-0.25, -0.2) is 0 Å². The molecule has 0 bridgehead atoms. The van der Waals surface area contributed by atoms with Crippen LogP contribution in [-0.4, -0.2) is 11.0 Å². The molecule has 3 rings (SSSR count). The van der Waals surface area contributed by atoms with Crippen molar-refractivity contribution in [1.29, 1.82) is 0 Å². The molecule has 0 spiro atoms. The van der Waals surface area contributed by atoms with E-state index in [0.717, 1.165) is 22.9 Å². The zero-order valence-corrected chi connectivity index (χ0v) is 12.3. The molecule has 1 aliphatic carbocycles. The van der Waals surface area contributed by atoms with Crippen molar-refractivity contribution in [3.63, 3.8) is 0 Å². The predicted molar refractivity (Wildman–Crippen MR) is 85.7 cm³/mol. The highest BCUT2D eigenvalue weighted by molar-refractivity contribution is 6.00. The van der Waals surface area contributed by atoms with Gasteiger partial charge in [0.05, 0.1) is 0 Å². The molecule has 0 aliphatic heterocycles. The second-order valence-electron chi connectivity index (χ2n) is 5.98. The van der Waals surface area contributed by atoms with Crippen LogP contribution in [0.4, 0.5) is 11.4 Å². The number of nitrogens with one attached hydrogen (secondary N) is 1. The van der Waals surface area contributed by atoms with Crippen molar-refractivity contribution in [2.24, 2.45) is 11.8 Å². The van der Waals surface area contributed by atoms with Gasteiger partial charge in [-0.05, 0) is 42.9 Å². The highest BCUT2D eigenvalue weighted by Crippen LogP contribution is 2.37. The summed E-state index contributed by atoms with van der Waals surface area (Å²) in [5, 5.41) is 5.95. The first-order valence-electron chi connectivity index (χ1n) is 7.59. The molecule has 3 N–H and O–H groups in total. The zero-order chi connectivity index (χ0) is 14.1. The van der Waals surface area contributed by atoms with E-state index in [1.807, 2.05) is 24.5 Å². The van der Waals surface area contributed by atoms with Crippen LogP contribution in [0.15, 0.2) is 30.6 Å². The Morgan fingerprint density at radius 2 is 2.10 bits per heavy atom. The molecule has 3 atom stereocenters. The van der Waals surface area contributed by atoms with Crippen LogP contribution >= 0.6 is 0 Å². The number of hydrogen-bond acceptors (Lipinski definition) is 3. The molecule has 1 aromatic heterocycles. The Morgan fingerprint density at radius 3 is 2.85 bits per heavy atom. The summed E-state index contributed by atoms with van der Waals surface area (Å²) in [6, 6.07) is 6.69. The van der Waals surface area contributed by atoms with Crippen LogP contribution in [0.5, 0.6) is 0 Å². The highest BCUT2D eigenvalue weighted by atomic mass is 14.9. The van der Waals surface area contributed by atoms with Gasteiger partial charge < -0.3 is 11.1 Å². The molecule has 1 fully saturated rings. The molecule has 0 amide bonds. The van der Waals surface area contributed by atoms with E-state index in [-0.39, 0.29) is 0 Å². The van der Waals surface area contributed by atoms with Crippen molar-refractivity contribution in [1.82, 2.24) is 4.98 Å². The van der Waals surface area contributed by atoms with Gasteiger partial charge in [0, 0.05) is 40.6 Å². The molecule has 2 aromatic rings. The number of benzene rings is 1. The average molecular weight is 269 g/mol. The van der Waals surface area contributed by atoms with Gasteiger partial charge in [-0.3, -0.25) is 4.98 Å². The van der Waals surface area contributed by atoms with E-state index in [2.05, 4.69) is 30.2 Å². The summed E-state index contributed by atoms with van der Waals surface area (Å²) in [7, 11) is 0. The fraction of sp³-hybridized carbons (Fsp3) is 0.471. The van der Waals surface area contributed by atoms with Crippen molar-refractivity contribution in [3.8, 4) is 0 Å². The predicted octanol–water partition coefficient (Wildman–Crippen LogP) is 4.05. The Balaban J connectivity index is 1.90. The minimum absolute atomic E-state index is 0.569. The van der Waals surface area contributed by atoms with Crippen LogP contribution in [-0.2, 0) is 0 Å². The third-order valence-corrected chi connectivity index (χ3v) is 4.94. The maximum atomic E-state index is 6.04. The number of hydrogen-bond donors (Lipinski definition) is 2. The smallest absolute Gasteiger partial charge is 0.0424 e. The molecule has 106 valence electrons. The van der Waals surface area contributed by atoms with Gasteiger partial charge >= 0.3 is 0 Å². The van der Waals surface area contributed by atoms with E-state index in [1.165, 1.54) is 30.3 Å². The lowest BCUT2D eigenvalue weighted by molar-refractivity contribution is 0.392. The number of anilines is 2. The molecule has 0 saturated heterocycles. The number of nitrogens with two attached hydrogens (primary N) is 1. The molecule has 3 unspecified atom stereocenters. The second-order valence-corrected chi connectivity index (χ2v) is 5.98. The second kappa shape index (κ2) is 5.31. The van der Waals surface area contributed by atoms with Crippen LogP contribution in [0, 0.1) is 11.8 Å². The summed E-state index contributed by atoms with van der Waals surface area (Å²) in [6.45, 7) is 4.67. The van der Waals surface area contributed by atoms with Crippen LogP contribution in [0.2, 0.25) is 0 Å². The SMILES string of the molecule is CCC1CCC(Nc2ccc(N)c3cnccc23)C1C. The van der Waals surface area contributed by atoms with E-state index in [4.69, 9.17) is 5.73 Å². The quantitative estimate of drug-likeness (QED) is 0.826. The van der Waals surface area contributed by atoms with Crippen LogP contribution in [0.3, 0.4) is 0 Å². The van der Waals surface area contributed by atoms with Gasteiger partial charge in [0.1, 0.15) is 0 Å².